The maximum absolute atomic E-state index is 11.8. The Bertz CT molecular complexity index is 434. The zero-order valence-corrected chi connectivity index (χ0v) is 12.4. The van der Waals surface area contributed by atoms with Gasteiger partial charge in [0.2, 0.25) is 5.91 Å². The molecule has 20 heavy (non-hydrogen) atoms. The Balaban J connectivity index is 1.70. The van der Waals surface area contributed by atoms with Gasteiger partial charge in [-0.05, 0) is 63.0 Å². The number of hydrogen-bond acceptors (Lipinski definition) is 3. The fourth-order valence-corrected chi connectivity index (χ4v) is 2.54. The standard InChI is InChI=1S/C16H24N2O2/c1-12-9-13(2)11-15(10-12)20-8-5-16(19)18-14-3-6-17-7-4-14/h9-11,14,17H,3-8H2,1-2H3,(H,18,19). The molecule has 1 amide bonds. The number of amides is 1. The van der Waals surface area contributed by atoms with Crippen molar-refractivity contribution in [2.75, 3.05) is 19.7 Å². The third-order valence-electron chi connectivity index (χ3n) is 3.50. The quantitative estimate of drug-likeness (QED) is 0.864. The Morgan fingerprint density at radius 3 is 2.55 bits per heavy atom. The normalized spacial score (nSPS) is 15.9. The Kier molecular flexibility index (Phi) is 5.41. The van der Waals surface area contributed by atoms with Crippen molar-refractivity contribution in [1.82, 2.24) is 10.6 Å². The highest BCUT2D eigenvalue weighted by atomic mass is 16.5. The van der Waals surface area contributed by atoms with Crippen molar-refractivity contribution in [2.24, 2.45) is 0 Å². The molecule has 1 aliphatic heterocycles. The van der Waals surface area contributed by atoms with Crippen LogP contribution in [0.25, 0.3) is 0 Å². The zero-order valence-electron chi connectivity index (χ0n) is 12.4. The third-order valence-corrected chi connectivity index (χ3v) is 3.50. The maximum Gasteiger partial charge on any atom is 0.223 e. The second-order valence-corrected chi connectivity index (χ2v) is 5.51. The van der Waals surface area contributed by atoms with Crippen molar-refractivity contribution in [3.8, 4) is 5.75 Å². The smallest absolute Gasteiger partial charge is 0.223 e. The molecule has 1 aromatic rings. The maximum atomic E-state index is 11.8. The highest BCUT2D eigenvalue weighted by Crippen LogP contribution is 2.16. The average molecular weight is 276 g/mol. The molecule has 0 atom stereocenters. The van der Waals surface area contributed by atoms with E-state index in [0.29, 0.717) is 19.1 Å². The molecule has 0 unspecified atom stereocenters. The minimum atomic E-state index is 0.0845. The SMILES string of the molecule is Cc1cc(C)cc(OCCC(=O)NC2CCNCC2)c1. The summed E-state index contributed by atoms with van der Waals surface area (Å²) in [7, 11) is 0. The second-order valence-electron chi connectivity index (χ2n) is 5.51. The van der Waals surface area contributed by atoms with Crippen LogP contribution in [0.2, 0.25) is 0 Å². The van der Waals surface area contributed by atoms with Gasteiger partial charge in [0, 0.05) is 6.04 Å². The number of rotatable bonds is 5. The van der Waals surface area contributed by atoms with Gasteiger partial charge in [-0.15, -0.1) is 0 Å². The fourth-order valence-electron chi connectivity index (χ4n) is 2.54. The molecule has 0 bridgehead atoms. The summed E-state index contributed by atoms with van der Waals surface area (Å²) >= 11 is 0. The van der Waals surface area contributed by atoms with E-state index in [1.54, 1.807) is 0 Å². The number of nitrogens with one attached hydrogen (secondary N) is 2. The molecule has 0 spiro atoms. The van der Waals surface area contributed by atoms with Crippen molar-refractivity contribution in [3.05, 3.63) is 29.3 Å². The summed E-state index contributed by atoms with van der Waals surface area (Å²) in [6.07, 6.45) is 2.45. The van der Waals surface area contributed by atoms with Crippen molar-refractivity contribution in [2.45, 2.75) is 39.2 Å². The van der Waals surface area contributed by atoms with E-state index in [-0.39, 0.29) is 5.91 Å². The van der Waals surface area contributed by atoms with Gasteiger partial charge in [-0.25, -0.2) is 0 Å². The number of hydrogen-bond donors (Lipinski definition) is 2. The first-order valence-corrected chi connectivity index (χ1v) is 7.34. The van der Waals surface area contributed by atoms with E-state index in [9.17, 15) is 4.79 Å². The minimum Gasteiger partial charge on any atom is -0.493 e. The Labute approximate surface area is 120 Å². The van der Waals surface area contributed by atoms with Gasteiger partial charge in [-0.1, -0.05) is 6.07 Å². The second kappa shape index (κ2) is 7.29. The molecule has 1 fully saturated rings. The van der Waals surface area contributed by atoms with Crippen LogP contribution in [0.3, 0.4) is 0 Å². The van der Waals surface area contributed by atoms with Gasteiger partial charge in [0.1, 0.15) is 5.75 Å². The largest absolute Gasteiger partial charge is 0.493 e. The molecule has 110 valence electrons. The molecule has 4 heteroatoms. The van der Waals surface area contributed by atoms with Crippen LogP contribution in [-0.2, 0) is 4.79 Å². The predicted molar refractivity (Wildman–Crippen MR) is 80.1 cm³/mol. The fraction of sp³-hybridized carbons (Fsp3) is 0.562. The van der Waals surface area contributed by atoms with Crippen LogP contribution in [0.1, 0.15) is 30.4 Å². The summed E-state index contributed by atoms with van der Waals surface area (Å²) in [6, 6.07) is 6.43. The van der Waals surface area contributed by atoms with Crippen LogP contribution >= 0.6 is 0 Å². The molecule has 1 aliphatic rings. The lowest BCUT2D eigenvalue weighted by molar-refractivity contribution is -0.122. The van der Waals surface area contributed by atoms with Crippen LogP contribution in [0.5, 0.6) is 5.75 Å². The summed E-state index contributed by atoms with van der Waals surface area (Å²) < 4.78 is 5.65. The third kappa shape index (κ3) is 4.85. The van der Waals surface area contributed by atoms with Crippen molar-refractivity contribution < 1.29 is 9.53 Å². The predicted octanol–water partition coefficient (Wildman–Crippen LogP) is 1.94. The average Bonchev–Trinajstić information content (AvgIpc) is 2.38. The van der Waals surface area contributed by atoms with E-state index in [1.165, 1.54) is 11.1 Å². The zero-order chi connectivity index (χ0) is 14.4. The number of aryl methyl sites for hydroxylation is 2. The lowest BCUT2D eigenvalue weighted by atomic mass is 10.1. The van der Waals surface area contributed by atoms with E-state index in [0.717, 1.165) is 31.7 Å². The summed E-state index contributed by atoms with van der Waals surface area (Å²) in [5.74, 6) is 0.929. The highest BCUT2D eigenvalue weighted by Gasteiger charge is 2.15. The molecule has 1 aromatic carbocycles. The summed E-state index contributed by atoms with van der Waals surface area (Å²) in [5.41, 5.74) is 2.36. The van der Waals surface area contributed by atoms with Crippen molar-refractivity contribution in [1.29, 1.82) is 0 Å². The molecule has 0 aromatic heterocycles. The molecule has 1 saturated heterocycles. The van der Waals surface area contributed by atoms with Gasteiger partial charge in [-0.3, -0.25) is 4.79 Å². The van der Waals surface area contributed by atoms with Gasteiger partial charge in [0.15, 0.2) is 0 Å². The first-order valence-electron chi connectivity index (χ1n) is 7.34. The molecular weight excluding hydrogens is 252 g/mol. The summed E-state index contributed by atoms with van der Waals surface area (Å²) in [4.78, 5) is 11.8. The summed E-state index contributed by atoms with van der Waals surface area (Å²) in [6.45, 7) is 6.50. The topological polar surface area (TPSA) is 50.4 Å². The number of piperidine rings is 1. The van der Waals surface area contributed by atoms with E-state index in [2.05, 4.69) is 16.7 Å². The van der Waals surface area contributed by atoms with E-state index < -0.39 is 0 Å². The van der Waals surface area contributed by atoms with Crippen LogP contribution in [0.15, 0.2) is 18.2 Å². The van der Waals surface area contributed by atoms with E-state index in [4.69, 9.17) is 4.74 Å². The first-order chi connectivity index (χ1) is 9.63. The van der Waals surface area contributed by atoms with Gasteiger partial charge < -0.3 is 15.4 Å². The molecule has 0 aliphatic carbocycles. The number of benzene rings is 1. The van der Waals surface area contributed by atoms with Gasteiger partial charge in [0.25, 0.3) is 0 Å². The van der Waals surface area contributed by atoms with Crippen LogP contribution in [0, 0.1) is 13.8 Å². The van der Waals surface area contributed by atoms with Crippen LogP contribution in [-0.4, -0.2) is 31.6 Å². The first kappa shape index (κ1) is 14.9. The number of ether oxygens (including phenoxy) is 1. The van der Waals surface area contributed by atoms with Crippen molar-refractivity contribution in [3.63, 3.8) is 0 Å². The highest BCUT2D eigenvalue weighted by molar-refractivity contribution is 5.76. The number of carbonyl (C=O) groups is 1. The van der Waals surface area contributed by atoms with Crippen LogP contribution < -0.4 is 15.4 Å². The summed E-state index contributed by atoms with van der Waals surface area (Å²) in [5, 5.41) is 6.36. The van der Waals surface area contributed by atoms with Gasteiger partial charge in [0.05, 0.1) is 13.0 Å². The lowest BCUT2D eigenvalue weighted by Crippen LogP contribution is -2.43. The molecule has 4 nitrogen and oxygen atoms in total. The van der Waals surface area contributed by atoms with Crippen LogP contribution in [0.4, 0.5) is 0 Å². The Morgan fingerprint density at radius 2 is 1.90 bits per heavy atom. The molecule has 0 saturated carbocycles. The Morgan fingerprint density at radius 1 is 1.25 bits per heavy atom. The molecule has 0 radical (unpaired) electrons. The number of carbonyl (C=O) groups excluding carboxylic acids is 1. The van der Waals surface area contributed by atoms with Crippen molar-refractivity contribution >= 4 is 5.91 Å². The van der Waals surface area contributed by atoms with Gasteiger partial charge in [-0.2, -0.15) is 0 Å². The monoisotopic (exact) mass is 276 g/mol. The van der Waals surface area contributed by atoms with Gasteiger partial charge >= 0.3 is 0 Å². The molecule has 2 rings (SSSR count). The van der Waals surface area contributed by atoms with E-state index in [1.807, 2.05) is 26.0 Å². The molecule has 2 N–H and O–H groups in total. The molecular formula is C16H24N2O2. The van der Waals surface area contributed by atoms with E-state index >= 15 is 0 Å². The lowest BCUT2D eigenvalue weighted by Gasteiger charge is -2.23. The minimum absolute atomic E-state index is 0.0845. The molecule has 1 heterocycles. The Hall–Kier alpha value is -1.55.